The summed E-state index contributed by atoms with van der Waals surface area (Å²) in [6.45, 7) is 0.564. The maximum atomic E-state index is 13.9. The molecule has 3 nitrogen and oxygen atoms in total. The molecule has 2 N–H and O–H groups in total. The number of hydrogen-bond acceptors (Lipinski definition) is 3. The minimum absolute atomic E-state index is 0.290. The number of hydrogen-bond donors (Lipinski definition) is 1. The lowest BCUT2D eigenvalue weighted by molar-refractivity contribution is 0.103. The number of benzene rings is 2. The summed E-state index contributed by atoms with van der Waals surface area (Å²) in [4.78, 5) is 12.3. The van der Waals surface area contributed by atoms with Crippen molar-refractivity contribution >= 4 is 11.5 Å². The van der Waals surface area contributed by atoms with Crippen LogP contribution >= 0.6 is 0 Å². The van der Waals surface area contributed by atoms with E-state index in [-0.39, 0.29) is 16.8 Å². The Hall–Kier alpha value is -2.43. The third-order valence-corrected chi connectivity index (χ3v) is 3.26. The van der Waals surface area contributed by atoms with Crippen molar-refractivity contribution in [3.63, 3.8) is 0 Å². The van der Waals surface area contributed by atoms with E-state index in [9.17, 15) is 13.6 Å². The highest BCUT2D eigenvalue weighted by atomic mass is 19.1. The van der Waals surface area contributed by atoms with Gasteiger partial charge in [-0.15, -0.1) is 0 Å². The summed E-state index contributed by atoms with van der Waals surface area (Å²) < 4.78 is 32.5. The SMILES string of the molecule is Nc1cc(F)cc(C(=O)c2ccc3c(c2)CCO3)c1F. The normalized spacial score (nSPS) is 12.9. The third kappa shape index (κ3) is 2.01. The Morgan fingerprint density at radius 2 is 2.00 bits per heavy atom. The van der Waals surface area contributed by atoms with E-state index in [2.05, 4.69) is 0 Å². The highest BCUT2D eigenvalue weighted by Gasteiger charge is 2.20. The molecule has 2 aromatic carbocycles. The van der Waals surface area contributed by atoms with Gasteiger partial charge in [-0.05, 0) is 35.9 Å². The Morgan fingerprint density at radius 1 is 1.20 bits per heavy atom. The number of rotatable bonds is 2. The molecule has 0 atom stereocenters. The second-order valence-corrected chi connectivity index (χ2v) is 4.61. The highest BCUT2D eigenvalue weighted by Crippen LogP contribution is 2.28. The van der Waals surface area contributed by atoms with E-state index in [1.165, 1.54) is 6.07 Å². The fourth-order valence-corrected chi connectivity index (χ4v) is 2.26. The number of halogens is 2. The van der Waals surface area contributed by atoms with E-state index in [1.54, 1.807) is 12.1 Å². The van der Waals surface area contributed by atoms with Gasteiger partial charge in [-0.25, -0.2) is 8.78 Å². The predicted molar refractivity (Wildman–Crippen MR) is 69.8 cm³/mol. The molecule has 1 heterocycles. The quantitative estimate of drug-likeness (QED) is 0.677. The first kappa shape index (κ1) is 12.6. The van der Waals surface area contributed by atoms with E-state index >= 15 is 0 Å². The van der Waals surface area contributed by atoms with Gasteiger partial charge in [0.25, 0.3) is 0 Å². The zero-order chi connectivity index (χ0) is 14.3. The summed E-state index contributed by atoms with van der Waals surface area (Å²) in [6.07, 6.45) is 0.699. The van der Waals surface area contributed by atoms with Crippen LogP contribution in [0.4, 0.5) is 14.5 Å². The lowest BCUT2D eigenvalue weighted by Gasteiger charge is -2.07. The van der Waals surface area contributed by atoms with E-state index in [0.717, 1.165) is 23.4 Å². The first-order valence-corrected chi connectivity index (χ1v) is 6.11. The topological polar surface area (TPSA) is 52.3 Å². The second-order valence-electron chi connectivity index (χ2n) is 4.61. The van der Waals surface area contributed by atoms with Crippen LogP contribution in [0.1, 0.15) is 21.5 Å². The second kappa shape index (κ2) is 4.59. The van der Waals surface area contributed by atoms with Crippen LogP contribution in [0.15, 0.2) is 30.3 Å². The zero-order valence-electron chi connectivity index (χ0n) is 10.5. The van der Waals surface area contributed by atoms with Crippen molar-refractivity contribution in [1.29, 1.82) is 0 Å². The number of ketones is 1. The van der Waals surface area contributed by atoms with Crippen LogP contribution in [0, 0.1) is 11.6 Å². The van der Waals surface area contributed by atoms with Gasteiger partial charge in [-0.1, -0.05) is 0 Å². The smallest absolute Gasteiger partial charge is 0.196 e. The molecule has 0 spiro atoms. The van der Waals surface area contributed by atoms with Crippen LogP contribution in [0.5, 0.6) is 5.75 Å². The number of fused-ring (bicyclic) bond motifs is 1. The van der Waals surface area contributed by atoms with Crippen LogP contribution in [0.3, 0.4) is 0 Å². The Morgan fingerprint density at radius 3 is 2.80 bits per heavy atom. The molecule has 1 aliphatic heterocycles. The van der Waals surface area contributed by atoms with Gasteiger partial charge in [0.05, 0.1) is 17.9 Å². The van der Waals surface area contributed by atoms with Crippen LogP contribution in [0.25, 0.3) is 0 Å². The molecule has 0 saturated carbocycles. The predicted octanol–water partition coefficient (Wildman–Crippen LogP) is 2.71. The molecule has 2 aromatic rings. The minimum atomic E-state index is -0.895. The van der Waals surface area contributed by atoms with Crippen molar-refractivity contribution in [2.24, 2.45) is 0 Å². The van der Waals surface area contributed by atoms with Crippen molar-refractivity contribution in [2.75, 3.05) is 12.3 Å². The van der Waals surface area contributed by atoms with Gasteiger partial charge < -0.3 is 10.5 Å². The molecule has 0 aliphatic carbocycles. The zero-order valence-corrected chi connectivity index (χ0v) is 10.5. The summed E-state index contributed by atoms with van der Waals surface area (Å²) >= 11 is 0. The van der Waals surface area contributed by atoms with Crippen molar-refractivity contribution in [1.82, 2.24) is 0 Å². The molecular weight excluding hydrogens is 264 g/mol. The minimum Gasteiger partial charge on any atom is -0.493 e. The van der Waals surface area contributed by atoms with Crippen molar-refractivity contribution in [3.8, 4) is 5.75 Å². The number of carbonyl (C=O) groups is 1. The molecule has 0 amide bonds. The monoisotopic (exact) mass is 275 g/mol. The van der Waals surface area contributed by atoms with E-state index in [0.29, 0.717) is 13.0 Å². The lowest BCUT2D eigenvalue weighted by atomic mass is 9.99. The molecule has 0 unspecified atom stereocenters. The Bertz CT molecular complexity index is 713. The molecule has 0 radical (unpaired) electrons. The van der Waals surface area contributed by atoms with Gasteiger partial charge in [0.1, 0.15) is 11.6 Å². The summed E-state index contributed by atoms with van der Waals surface area (Å²) in [6, 6.07) is 6.55. The average Bonchev–Trinajstić information content (AvgIpc) is 2.89. The molecule has 20 heavy (non-hydrogen) atoms. The van der Waals surface area contributed by atoms with Crippen LogP contribution in [-0.2, 0) is 6.42 Å². The summed E-state index contributed by atoms with van der Waals surface area (Å²) in [7, 11) is 0. The first-order chi connectivity index (χ1) is 9.56. The Kier molecular flexibility index (Phi) is 2.89. The molecule has 1 aliphatic rings. The van der Waals surface area contributed by atoms with Gasteiger partial charge in [-0.2, -0.15) is 0 Å². The van der Waals surface area contributed by atoms with Crippen molar-refractivity contribution in [3.05, 3.63) is 58.7 Å². The molecule has 0 bridgehead atoms. The largest absolute Gasteiger partial charge is 0.493 e. The Labute approximate surface area is 114 Å². The van der Waals surface area contributed by atoms with Gasteiger partial charge in [-0.3, -0.25) is 4.79 Å². The van der Waals surface area contributed by atoms with E-state index in [4.69, 9.17) is 10.5 Å². The number of carbonyl (C=O) groups excluding carboxylic acids is 1. The van der Waals surface area contributed by atoms with Gasteiger partial charge in [0, 0.05) is 12.0 Å². The van der Waals surface area contributed by atoms with Crippen LogP contribution < -0.4 is 10.5 Å². The van der Waals surface area contributed by atoms with Gasteiger partial charge >= 0.3 is 0 Å². The molecule has 3 rings (SSSR count). The molecule has 0 fully saturated rings. The standard InChI is InChI=1S/C15H11F2NO2/c16-10-6-11(14(17)12(18)7-10)15(19)9-1-2-13-8(5-9)3-4-20-13/h1-2,5-7H,3-4,18H2. The molecule has 5 heteroatoms. The number of ether oxygens (including phenoxy) is 1. The number of nitrogen functional groups attached to an aromatic ring is 1. The first-order valence-electron chi connectivity index (χ1n) is 6.11. The van der Waals surface area contributed by atoms with Crippen LogP contribution in [0.2, 0.25) is 0 Å². The maximum absolute atomic E-state index is 13.9. The van der Waals surface area contributed by atoms with E-state index < -0.39 is 17.4 Å². The average molecular weight is 275 g/mol. The van der Waals surface area contributed by atoms with Crippen molar-refractivity contribution < 1.29 is 18.3 Å². The number of anilines is 1. The van der Waals surface area contributed by atoms with Gasteiger partial charge in [0.15, 0.2) is 11.6 Å². The molecule has 0 saturated heterocycles. The molecular formula is C15H11F2NO2. The fourth-order valence-electron chi connectivity index (χ4n) is 2.26. The summed E-state index contributed by atoms with van der Waals surface area (Å²) in [5.74, 6) is -1.51. The number of nitrogens with two attached hydrogens (primary N) is 1. The molecule has 102 valence electrons. The third-order valence-electron chi connectivity index (χ3n) is 3.26. The molecule has 0 aromatic heterocycles. The Balaban J connectivity index is 2.05. The summed E-state index contributed by atoms with van der Waals surface area (Å²) in [5, 5.41) is 0. The van der Waals surface area contributed by atoms with E-state index in [1.807, 2.05) is 0 Å². The summed E-state index contributed by atoms with van der Waals surface area (Å²) in [5.41, 5.74) is 5.78. The van der Waals surface area contributed by atoms with Gasteiger partial charge in [0.2, 0.25) is 0 Å². The fraction of sp³-hybridized carbons (Fsp3) is 0.133. The van der Waals surface area contributed by atoms with Crippen LogP contribution in [-0.4, -0.2) is 12.4 Å². The van der Waals surface area contributed by atoms with Crippen molar-refractivity contribution in [2.45, 2.75) is 6.42 Å². The lowest BCUT2D eigenvalue weighted by Crippen LogP contribution is -2.07. The maximum Gasteiger partial charge on any atom is 0.196 e. The highest BCUT2D eigenvalue weighted by molar-refractivity contribution is 6.09.